The van der Waals surface area contributed by atoms with Gasteiger partial charge >= 0.3 is 0 Å². The van der Waals surface area contributed by atoms with E-state index in [1.807, 2.05) is 48.5 Å². The minimum absolute atomic E-state index is 0.0721. The van der Waals surface area contributed by atoms with Crippen LogP contribution in [0.2, 0.25) is 5.02 Å². The molecule has 0 aromatic heterocycles. The molecule has 1 atom stereocenters. The highest BCUT2D eigenvalue weighted by molar-refractivity contribution is 6.30. The van der Waals surface area contributed by atoms with Crippen LogP contribution >= 0.6 is 23.2 Å². The van der Waals surface area contributed by atoms with Crippen molar-refractivity contribution in [2.24, 2.45) is 0 Å². The first-order valence-electron chi connectivity index (χ1n) is 5.71. The Morgan fingerprint density at radius 2 is 1.83 bits per heavy atom. The van der Waals surface area contributed by atoms with Crippen LogP contribution in [0.1, 0.15) is 16.5 Å². The van der Waals surface area contributed by atoms with E-state index in [0.29, 0.717) is 5.02 Å². The minimum atomic E-state index is -0.0721. The van der Waals surface area contributed by atoms with Crippen LogP contribution in [-0.4, -0.2) is 7.11 Å². The van der Waals surface area contributed by atoms with Gasteiger partial charge in [0.25, 0.3) is 0 Å². The third-order valence-electron chi connectivity index (χ3n) is 2.78. The lowest BCUT2D eigenvalue weighted by Crippen LogP contribution is -1.96. The molecule has 0 amide bonds. The lowest BCUT2D eigenvalue weighted by atomic mass is 10.0. The molecule has 0 bridgehead atoms. The highest BCUT2D eigenvalue weighted by Crippen LogP contribution is 2.27. The van der Waals surface area contributed by atoms with Crippen molar-refractivity contribution in [2.45, 2.75) is 11.8 Å². The van der Waals surface area contributed by atoms with Crippen molar-refractivity contribution in [1.82, 2.24) is 0 Å². The van der Waals surface area contributed by atoms with Gasteiger partial charge < -0.3 is 4.74 Å². The zero-order valence-corrected chi connectivity index (χ0v) is 11.6. The number of halogens is 2. The van der Waals surface area contributed by atoms with Gasteiger partial charge in [-0.2, -0.15) is 0 Å². The van der Waals surface area contributed by atoms with E-state index in [1.165, 1.54) is 5.56 Å². The fourth-order valence-electron chi connectivity index (χ4n) is 1.79. The standard InChI is InChI=1S/C15H14Cl2O/c1-18-14-7-5-11(6-8-14)9-15(17)12-3-2-4-13(16)10-12/h2-8,10,15H,9H2,1H3. The summed E-state index contributed by atoms with van der Waals surface area (Å²) < 4.78 is 5.12. The van der Waals surface area contributed by atoms with Gasteiger partial charge in [0.2, 0.25) is 0 Å². The van der Waals surface area contributed by atoms with Gasteiger partial charge in [0.05, 0.1) is 12.5 Å². The van der Waals surface area contributed by atoms with Crippen molar-refractivity contribution in [3.63, 3.8) is 0 Å². The molecule has 0 saturated carbocycles. The van der Waals surface area contributed by atoms with Crippen molar-refractivity contribution in [3.05, 3.63) is 64.7 Å². The predicted octanol–water partition coefficient (Wildman–Crippen LogP) is 4.87. The molecule has 3 heteroatoms. The molecule has 0 spiro atoms. The molecule has 1 nitrogen and oxygen atoms in total. The Morgan fingerprint density at radius 3 is 2.44 bits per heavy atom. The number of rotatable bonds is 4. The Balaban J connectivity index is 2.08. The maximum atomic E-state index is 6.40. The first-order valence-corrected chi connectivity index (χ1v) is 6.53. The van der Waals surface area contributed by atoms with Crippen LogP contribution in [0.25, 0.3) is 0 Å². The summed E-state index contributed by atoms with van der Waals surface area (Å²) >= 11 is 12.4. The van der Waals surface area contributed by atoms with E-state index >= 15 is 0 Å². The summed E-state index contributed by atoms with van der Waals surface area (Å²) in [4.78, 5) is 0. The summed E-state index contributed by atoms with van der Waals surface area (Å²) in [6.45, 7) is 0. The molecular formula is C15H14Cl2O. The SMILES string of the molecule is COc1ccc(CC(Cl)c2cccc(Cl)c2)cc1. The molecule has 2 aromatic carbocycles. The topological polar surface area (TPSA) is 9.23 Å². The van der Waals surface area contributed by atoms with E-state index in [2.05, 4.69) is 0 Å². The third-order valence-corrected chi connectivity index (χ3v) is 3.43. The first-order chi connectivity index (χ1) is 8.69. The lowest BCUT2D eigenvalue weighted by molar-refractivity contribution is 0.414. The Kier molecular flexibility index (Phi) is 4.51. The van der Waals surface area contributed by atoms with Gasteiger partial charge in [-0.3, -0.25) is 0 Å². The van der Waals surface area contributed by atoms with Crippen LogP contribution in [0.5, 0.6) is 5.75 Å². The second-order valence-corrected chi connectivity index (χ2v) is 5.04. The van der Waals surface area contributed by atoms with E-state index < -0.39 is 0 Å². The van der Waals surface area contributed by atoms with Gasteiger partial charge in [0, 0.05) is 5.02 Å². The third kappa shape index (κ3) is 3.41. The fourth-order valence-corrected chi connectivity index (χ4v) is 2.30. The lowest BCUT2D eigenvalue weighted by Gasteiger charge is -2.10. The molecule has 2 rings (SSSR count). The minimum Gasteiger partial charge on any atom is -0.497 e. The Hall–Kier alpha value is -1.18. The highest BCUT2D eigenvalue weighted by atomic mass is 35.5. The largest absolute Gasteiger partial charge is 0.497 e. The van der Waals surface area contributed by atoms with Crippen LogP contribution in [-0.2, 0) is 6.42 Å². The molecule has 2 aromatic rings. The van der Waals surface area contributed by atoms with E-state index in [0.717, 1.165) is 17.7 Å². The maximum absolute atomic E-state index is 6.40. The van der Waals surface area contributed by atoms with Gasteiger partial charge in [-0.25, -0.2) is 0 Å². The Morgan fingerprint density at radius 1 is 1.11 bits per heavy atom. The van der Waals surface area contributed by atoms with E-state index in [-0.39, 0.29) is 5.38 Å². The van der Waals surface area contributed by atoms with Crippen LogP contribution in [0.4, 0.5) is 0 Å². The zero-order chi connectivity index (χ0) is 13.0. The number of methoxy groups -OCH3 is 1. The molecule has 0 saturated heterocycles. The summed E-state index contributed by atoms with van der Waals surface area (Å²) in [5, 5.41) is 0.643. The van der Waals surface area contributed by atoms with Crippen LogP contribution in [0.3, 0.4) is 0 Å². The summed E-state index contributed by atoms with van der Waals surface area (Å²) in [6.07, 6.45) is 0.770. The summed E-state index contributed by atoms with van der Waals surface area (Å²) in [5.41, 5.74) is 2.22. The average Bonchev–Trinajstić information content (AvgIpc) is 2.39. The molecule has 0 aliphatic carbocycles. The second kappa shape index (κ2) is 6.12. The summed E-state index contributed by atoms with van der Waals surface area (Å²) in [7, 11) is 1.66. The monoisotopic (exact) mass is 280 g/mol. The number of hydrogen-bond acceptors (Lipinski definition) is 1. The van der Waals surface area contributed by atoms with Gasteiger partial charge in [-0.05, 0) is 41.8 Å². The molecule has 18 heavy (non-hydrogen) atoms. The Bertz CT molecular complexity index is 508. The quantitative estimate of drug-likeness (QED) is 0.726. The van der Waals surface area contributed by atoms with E-state index in [9.17, 15) is 0 Å². The van der Waals surface area contributed by atoms with E-state index in [1.54, 1.807) is 7.11 Å². The van der Waals surface area contributed by atoms with Crippen molar-refractivity contribution in [1.29, 1.82) is 0 Å². The maximum Gasteiger partial charge on any atom is 0.118 e. The molecule has 0 fully saturated rings. The highest BCUT2D eigenvalue weighted by Gasteiger charge is 2.09. The molecule has 0 N–H and O–H groups in total. The average molecular weight is 281 g/mol. The van der Waals surface area contributed by atoms with Gasteiger partial charge in [0.15, 0.2) is 0 Å². The zero-order valence-electron chi connectivity index (χ0n) is 10.1. The molecular weight excluding hydrogens is 267 g/mol. The smallest absolute Gasteiger partial charge is 0.118 e. The second-order valence-electron chi connectivity index (χ2n) is 4.07. The molecule has 94 valence electrons. The molecule has 0 heterocycles. The predicted molar refractivity (Wildman–Crippen MR) is 76.7 cm³/mol. The fraction of sp³-hybridized carbons (Fsp3) is 0.200. The van der Waals surface area contributed by atoms with Crippen molar-refractivity contribution < 1.29 is 4.74 Å². The normalized spacial score (nSPS) is 12.2. The van der Waals surface area contributed by atoms with Gasteiger partial charge in [0.1, 0.15) is 5.75 Å². The summed E-state index contributed by atoms with van der Waals surface area (Å²) in [6, 6.07) is 15.6. The van der Waals surface area contributed by atoms with Crippen LogP contribution < -0.4 is 4.74 Å². The van der Waals surface area contributed by atoms with Gasteiger partial charge in [-0.1, -0.05) is 35.9 Å². The van der Waals surface area contributed by atoms with Gasteiger partial charge in [-0.15, -0.1) is 11.6 Å². The molecule has 0 radical (unpaired) electrons. The number of ether oxygens (including phenoxy) is 1. The van der Waals surface area contributed by atoms with Crippen molar-refractivity contribution in [2.75, 3.05) is 7.11 Å². The number of hydrogen-bond donors (Lipinski definition) is 0. The van der Waals surface area contributed by atoms with E-state index in [4.69, 9.17) is 27.9 Å². The first kappa shape index (κ1) is 13.3. The molecule has 0 aliphatic rings. The summed E-state index contributed by atoms with van der Waals surface area (Å²) in [5.74, 6) is 0.854. The Labute approximate surface area is 117 Å². The molecule has 0 aliphatic heterocycles. The van der Waals surface area contributed by atoms with Crippen molar-refractivity contribution >= 4 is 23.2 Å². The van der Waals surface area contributed by atoms with Crippen LogP contribution in [0, 0.1) is 0 Å². The van der Waals surface area contributed by atoms with Crippen molar-refractivity contribution in [3.8, 4) is 5.75 Å². The molecule has 1 unspecified atom stereocenters. The number of benzene rings is 2. The number of alkyl halides is 1. The van der Waals surface area contributed by atoms with Crippen LogP contribution in [0.15, 0.2) is 48.5 Å².